The molecule has 5 heteroatoms. The lowest BCUT2D eigenvalue weighted by molar-refractivity contribution is 0.0222. The lowest BCUT2D eigenvalue weighted by Gasteiger charge is -2.22. The van der Waals surface area contributed by atoms with Gasteiger partial charge in [-0.25, -0.2) is 9.97 Å². The fourth-order valence-corrected chi connectivity index (χ4v) is 2.47. The molecule has 1 aliphatic heterocycles. The van der Waals surface area contributed by atoms with Gasteiger partial charge in [0.2, 0.25) is 0 Å². The molecule has 19 heavy (non-hydrogen) atoms. The third-order valence-corrected chi connectivity index (χ3v) is 3.50. The van der Waals surface area contributed by atoms with Gasteiger partial charge in [0, 0.05) is 29.3 Å². The zero-order chi connectivity index (χ0) is 13.1. The first kappa shape index (κ1) is 12.7. The molecule has 1 unspecified atom stereocenters. The van der Waals surface area contributed by atoms with Crippen LogP contribution in [0.5, 0.6) is 0 Å². The summed E-state index contributed by atoms with van der Waals surface area (Å²) in [5.74, 6) is 0.740. The molecule has 0 saturated carbocycles. The summed E-state index contributed by atoms with van der Waals surface area (Å²) < 4.78 is 6.72. The standard InChI is InChI=1S/C14H14BrN3O/c15-11-3-1-2-10(8-11)12-4-5-17-14(18-12)13-9-16-6-7-19-13/h1-5,8,13,16H,6-7,9H2. The Hall–Kier alpha value is -1.30. The van der Waals surface area contributed by atoms with Crippen molar-refractivity contribution in [3.05, 3.63) is 46.8 Å². The minimum Gasteiger partial charge on any atom is -0.368 e. The Bertz CT molecular complexity index is 570. The van der Waals surface area contributed by atoms with E-state index >= 15 is 0 Å². The van der Waals surface area contributed by atoms with Crippen LogP contribution in [0.4, 0.5) is 0 Å². The number of nitrogens with zero attached hydrogens (tertiary/aromatic N) is 2. The number of halogens is 1. The second kappa shape index (κ2) is 5.77. The van der Waals surface area contributed by atoms with E-state index in [1.807, 2.05) is 30.3 Å². The maximum absolute atomic E-state index is 5.68. The van der Waals surface area contributed by atoms with Crippen molar-refractivity contribution in [1.29, 1.82) is 0 Å². The van der Waals surface area contributed by atoms with Crippen molar-refractivity contribution < 1.29 is 4.74 Å². The molecule has 0 amide bonds. The molecular weight excluding hydrogens is 306 g/mol. The van der Waals surface area contributed by atoms with E-state index in [1.54, 1.807) is 6.20 Å². The van der Waals surface area contributed by atoms with Gasteiger partial charge in [0.15, 0.2) is 5.82 Å². The van der Waals surface area contributed by atoms with Crippen LogP contribution in [-0.4, -0.2) is 29.7 Å². The summed E-state index contributed by atoms with van der Waals surface area (Å²) in [5, 5.41) is 3.29. The van der Waals surface area contributed by atoms with E-state index in [9.17, 15) is 0 Å². The Morgan fingerprint density at radius 2 is 2.26 bits per heavy atom. The third-order valence-electron chi connectivity index (χ3n) is 3.01. The molecule has 98 valence electrons. The van der Waals surface area contributed by atoms with Crippen LogP contribution in [0, 0.1) is 0 Å². The number of ether oxygens (including phenoxy) is 1. The molecule has 1 aromatic carbocycles. The molecule has 1 aliphatic rings. The molecular formula is C14H14BrN3O. The predicted octanol–water partition coefficient (Wildman–Crippen LogP) is 2.57. The van der Waals surface area contributed by atoms with Crippen LogP contribution in [0.1, 0.15) is 11.9 Å². The smallest absolute Gasteiger partial charge is 0.159 e. The van der Waals surface area contributed by atoms with E-state index in [0.717, 1.165) is 34.6 Å². The average Bonchev–Trinajstić information content (AvgIpc) is 2.48. The highest BCUT2D eigenvalue weighted by molar-refractivity contribution is 9.10. The zero-order valence-corrected chi connectivity index (χ0v) is 11.9. The van der Waals surface area contributed by atoms with Gasteiger partial charge >= 0.3 is 0 Å². The minimum absolute atomic E-state index is 0.0548. The summed E-state index contributed by atoms with van der Waals surface area (Å²) in [6.45, 7) is 2.36. The van der Waals surface area contributed by atoms with Crippen LogP contribution < -0.4 is 5.32 Å². The summed E-state index contributed by atoms with van der Waals surface area (Å²) in [6.07, 6.45) is 1.73. The predicted molar refractivity (Wildman–Crippen MR) is 76.7 cm³/mol. The van der Waals surface area contributed by atoms with Crippen LogP contribution in [0.3, 0.4) is 0 Å². The van der Waals surface area contributed by atoms with Gasteiger partial charge in [-0.2, -0.15) is 0 Å². The molecule has 1 N–H and O–H groups in total. The summed E-state index contributed by atoms with van der Waals surface area (Å²) in [6, 6.07) is 10.0. The first-order valence-corrected chi connectivity index (χ1v) is 7.03. The fourth-order valence-electron chi connectivity index (χ4n) is 2.07. The van der Waals surface area contributed by atoms with Gasteiger partial charge in [-0.05, 0) is 18.2 Å². The van der Waals surface area contributed by atoms with Crippen molar-refractivity contribution in [3.8, 4) is 11.3 Å². The molecule has 0 bridgehead atoms. The lowest BCUT2D eigenvalue weighted by atomic mass is 10.1. The number of morpholine rings is 1. The quantitative estimate of drug-likeness (QED) is 0.924. The Labute approximate surface area is 120 Å². The molecule has 3 rings (SSSR count). The van der Waals surface area contributed by atoms with Gasteiger partial charge in [-0.15, -0.1) is 0 Å². The molecule has 4 nitrogen and oxygen atoms in total. The second-order valence-corrected chi connectivity index (χ2v) is 5.29. The first-order chi connectivity index (χ1) is 9.33. The average molecular weight is 320 g/mol. The molecule has 1 saturated heterocycles. The van der Waals surface area contributed by atoms with E-state index in [1.165, 1.54) is 0 Å². The number of nitrogens with one attached hydrogen (secondary N) is 1. The van der Waals surface area contributed by atoms with E-state index in [4.69, 9.17) is 4.74 Å². The molecule has 1 fully saturated rings. The number of benzene rings is 1. The zero-order valence-electron chi connectivity index (χ0n) is 10.3. The van der Waals surface area contributed by atoms with Gasteiger partial charge in [-0.1, -0.05) is 28.1 Å². The maximum Gasteiger partial charge on any atom is 0.159 e. The third kappa shape index (κ3) is 3.00. The summed E-state index contributed by atoms with van der Waals surface area (Å²) in [4.78, 5) is 8.93. The highest BCUT2D eigenvalue weighted by Crippen LogP contribution is 2.23. The largest absolute Gasteiger partial charge is 0.368 e. The van der Waals surface area contributed by atoms with Gasteiger partial charge in [0.25, 0.3) is 0 Å². The molecule has 2 heterocycles. The molecule has 0 radical (unpaired) electrons. The highest BCUT2D eigenvalue weighted by atomic mass is 79.9. The van der Waals surface area contributed by atoms with E-state index < -0.39 is 0 Å². The van der Waals surface area contributed by atoms with Crippen LogP contribution in [0.2, 0.25) is 0 Å². The lowest BCUT2D eigenvalue weighted by Crippen LogP contribution is -2.34. The van der Waals surface area contributed by atoms with Gasteiger partial charge in [-0.3, -0.25) is 0 Å². The van der Waals surface area contributed by atoms with Crippen molar-refractivity contribution in [2.24, 2.45) is 0 Å². The number of aromatic nitrogens is 2. The summed E-state index contributed by atoms with van der Waals surface area (Å²) >= 11 is 3.48. The summed E-state index contributed by atoms with van der Waals surface area (Å²) in [5.41, 5.74) is 1.99. The fraction of sp³-hybridized carbons (Fsp3) is 0.286. The highest BCUT2D eigenvalue weighted by Gasteiger charge is 2.18. The topological polar surface area (TPSA) is 47.0 Å². The Kier molecular flexibility index (Phi) is 3.87. The van der Waals surface area contributed by atoms with Crippen molar-refractivity contribution in [2.75, 3.05) is 19.7 Å². The van der Waals surface area contributed by atoms with Crippen molar-refractivity contribution in [2.45, 2.75) is 6.10 Å². The number of hydrogen-bond acceptors (Lipinski definition) is 4. The van der Waals surface area contributed by atoms with Crippen LogP contribution in [0.25, 0.3) is 11.3 Å². The van der Waals surface area contributed by atoms with E-state index in [-0.39, 0.29) is 6.10 Å². The van der Waals surface area contributed by atoms with Gasteiger partial charge in [0.1, 0.15) is 6.10 Å². The van der Waals surface area contributed by atoms with E-state index in [0.29, 0.717) is 6.61 Å². The number of hydrogen-bond donors (Lipinski definition) is 1. The van der Waals surface area contributed by atoms with Crippen LogP contribution >= 0.6 is 15.9 Å². The second-order valence-electron chi connectivity index (χ2n) is 4.37. The maximum atomic E-state index is 5.68. The normalized spacial score (nSPS) is 19.3. The Balaban J connectivity index is 1.91. The molecule has 1 atom stereocenters. The Morgan fingerprint density at radius 3 is 3.05 bits per heavy atom. The summed E-state index contributed by atoms with van der Waals surface area (Å²) in [7, 11) is 0. The van der Waals surface area contributed by atoms with Gasteiger partial charge < -0.3 is 10.1 Å². The van der Waals surface area contributed by atoms with Crippen molar-refractivity contribution >= 4 is 15.9 Å². The molecule has 2 aromatic rings. The number of rotatable bonds is 2. The molecule has 0 aliphatic carbocycles. The van der Waals surface area contributed by atoms with Crippen molar-refractivity contribution in [3.63, 3.8) is 0 Å². The van der Waals surface area contributed by atoms with Crippen LogP contribution in [0.15, 0.2) is 41.0 Å². The van der Waals surface area contributed by atoms with Crippen molar-refractivity contribution in [1.82, 2.24) is 15.3 Å². The molecule has 0 spiro atoms. The van der Waals surface area contributed by atoms with Crippen LogP contribution in [-0.2, 0) is 4.74 Å². The minimum atomic E-state index is -0.0548. The Morgan fingerprint density at radius 1 is 1.32 bits per heavy atom. The first-order valence-electron chi connectivity index (χ1n) is 6.24. The monoisotopic (exact) mass is 319 g/mol. The SMILES string of the molecule is Brc1cccc(-c2ccnc(C3CNCCO3)n2)c1. The van der Waals surface area contributed by atoms with Gasteiger partial charge in [0.05, 0.1) is 12.3 Å². The van der Waals surface area contributed by atoms with E-state index in [2.05, 4.69) is 31.2 Å². The molecule has 1 aromatic heterocycles.